The van der Waals surface area contributed by atoms with E-state index in [-0.39, 0.29) is 30.7 Å². The van der Waals surface area contributed by atoms with Crippen LogP contribution in [0.2, 0.25) is 0 Å². The van der Waals surface area contributed by atoms with Crippen LogP contribution in [-0.2, 0) is 4.79 Å². The highest BCUT2D eigenvalue weighted by Crippen LogP contribution is 2.38. The molecule has 1 aromatic rings. The Labute approximate surface area is 165 Å². The van der Waals surface area contributed by atoms with Crippen LogP contribution in [0.5, 0.6) is 17.2 Å². The normalized spacial score (nSPS) is 16.0. The first-order valence-electron chi connectivity index (χ1n) is 8.71. The molecule has 1 atom stereocenters. The number of hydrogen-bond donors (Lipinski definition) is 3. The maximum atomic E-state index is 12.4. The van der Waals surface area contributed by atoms with Crippen LogP contribution in [0.3, 0.4) is 0 Å². The first kappa shape index (κ1) is 22.9. The molecule has 0 aliphatic carbocycles. The Morgan fingerprint density at radius 1 is 1.26 bits per heavy atom. The lowest BCUT2D eigenvalue weighted by Crippen LogP contribution is -2.33. The van der Waals surface area contributed by atoms with Crippen molar-refractivity contribution in [2.24, 2.45) is 11.7 Å². The number of carbonyl (C=O) groups is 2. The van der Waals surface area contributed by atoms with Gasteiger partial charge in [0.15, 0.2) is 18.1 Å². The Balaban J connectivity index is 0.00000364. The van der Waals surface area contributed by atoms with Crippen molar-refractivity contribution < 1.29 is 23.8 Å². The summed E-state index contributed by atoms with van der Waals surface area (Å²) in [5, 5.41) is 6.29. The van der Waals surface area contributed by atoms with E-state index in [0.29, 0.717) is 29.5 Å². The molecule has 1 aliphatic rings. The number of carbonyl (C=O) groups excluding carboxylic acids is 2. The zero-order valence-electron chi connectivity index (χ0n) is 15.7. The fraction of sp³-hybridized carbons (Fsp3) is 0.556. The largest absolute Gasteiger partial charge is 0.493 e. The molecule has 152 valence electrons. The SMILES string of the molecule is COc1cc(C(=O)NCCC2CCCNC2)cc(OC)c1OCC(N)=O.Cl. The first-order valence-corrected chi connectivity index (χ1v) is 8.71. The van der Waals surface area contributed by atoms with Crippen molar-refractivity contribution in [3.05, 3.63) is 17.7 Å². The number of ether oxygens (including phenoxy) is 3. The fourth-order valence-electron chi connectivity index (χ4n) is 2.96. The second-order valence-electron chi connectivity index (χ2n) is 6.22. The minimum atomic E-state index is -0.617. The lowest BCUT2D eigenvalue weighted by Gasteiger charge is -2.22. The van der Waals surface area contributed by atoms with E-state index < -0.39 is 5.91 Å². The summed E-state index contributed by atoms with van der Waals surface area (Å²) in [4.78, 5) is 23.4. The van der Waals surface area contributed by atoms with Gasteiger partial charge in [0, 0.05) is 12.1 Å². The van der Waals surface area contributed by atoms with Crippen LogP contribution < -0.4 is 30.6 Å². The van der Waals surface area contributed by atoms with Crippen molar-refractivity contribution in [1.82, 2.24) is 10.6 Å². The zero-order chi connectivity index (χ0) is 18.9. The molecule has 0 saturated carbocycles. The molecule has 4 N–H and O–H groups in total. The molecular weight excluding hydrogens is 374 g/mol. The lowest BCUT2D eigenvalue weighted by atomic mass is 9.96. The van der Waals surface area contributed by atoms with Crippen LogP contribution in [-0.4, -0.2) is 52.3 Å². The van der Waals surface area contributed by atoms with E-state index in [1.807, 2.05) is 0 Å². The number of piperidine rings is 1. The van der Waals surface area contributed by atoms with Gasteiger partial charge in [-0.15, -0.1) is 12.4 Å². The summed E-state index contributed by atoms with van der Waals surface area (Å²) < 4.78 is 15.9. The first-order chi connectivity index (χ1) is 12.5. The monoisotopic (exact) mass is 401 g/mol. The summed E-state index contributed by atoms with van der Waals surface area (Å²) in [6.45, 7) is 2.37. The van der Waals surface area contributed by atoms with Crippen LogP contribution in [0.1, 0.15) is 29.6 Å². The summed E-state index contributed by atoms with van der Waals surface area (Å²) in [5.74, 6) is 0.593. The van der Waals surface area contributed by atoms with Crippen molar-refractivity contribution >= 4 is 24.2 Å². The van der Waals surface area contributed by atoms with Crippen LogP contribution in [0, 0.1) is 5.92 Å². The van der Waals surface area contributed by atoms with E-state index in [0.717, 1.165) is 19.5 Å². The van der Waals surface area contributed by atoms with Gasteiger partial charge < -0.3 is 30.6 Å². The van der Waals surface area contributed by atoms with E-state index in [1.54, 1.807) is 12.1 Å². The van der Waals surface area contributed by atoms with Gasteiger partial charge in [-0.3, -0.25) is 9.59 Å². The molecule has 1 unspecified atom stereocenters. The Morgan fingerprint density at radius 3 is 2.44 bits per heavy atom. The van der Waals surface area contributed by atoms with E-state index in [9.17, 15) is 9.59 Å². The van der Waals surface area contributed by atoms with Crippen molar-refractivity contribution in [1.29, 1.82) is 0 Å². The van der Waals surface area contributed by atoms with Gasteiger partial charge in [-0.05, 0) is 50.4 Å². The van der Waals surface area contributed by atoms with Gasteiger partial charge in [-0.2, -0.15) is 0 Å². The number of nitrogens with one attached hydrogen (secondary N) is 2. The lowest BCUT2D eigenvalue weighted by molar-refractivity contribution is -0.120. The van der Waals surface area contributed by atoms with Crippen molar-refractivity contribution in [3.8, 4) is 17.2 Å². The molecule has 2 amide bonds. The summed E-state index contributed by atoms with van der Waals surface area (Å²) in [7, 11) is 2.90. The molecule has 8 nitrogen and oxygen atoms in total. The molecule has 0 radical (unpaired) electrons. The van der Waals surface area contributed by atoms with E-state index in [2.05, 4.69) is 10.6 Å². The fourth-order valence-corrected chi connectivity index (χ4v) is 2.96. The average Bonchev–Trinajstić information content (AvgIpc) is 2.66. The predicted octanol–water partition coefficient (Wildman–Crippen LogP) is 1.11. The smallest absolute Gasteiger partial charge is 0.255 e. The number of hydrogen-bond acceptors (Lipinski definition) is 6. The van der Waals surface area contributed by atoms with E-state index in [1.165, 1.54) is 27.1 Å². The molecule has 1 aliphatic heterocycles. The van der Waals surface area contributed by atoms with Gasteiger partial charge in [0.25, 0.3) is 11.8 Å². The minimum Gasteiger partial charge on any atom is -0.493 e. The second-order valence-corrected chi connectivity index (χ2v) is 6.22. The molecule has 1 aromatic carbocycles. The quantitative estimate of drug-likeness (QED) is 0.571. The van der Waals surface area contributed by atoms with Gasteiger partial charge >= 0.3 is 0 Å². The molecule has 0 bridgehead atoms. The number of nitrogens with two attached hydrogens (primary N) is 1. The molecular formula is C18H28ClN3O5. The highest BCUT2D eigenvalue weighted by molar-refractivity contribution is 5.95. The van der Waals surface area contributed by atoms with Gasteiger partial charge in [0.1, 0.15) is 0 Å². The zero-order valence-corrected chi connectivity index (χ0v) is 16.5. The van der Waals surface area contributed by atoms with Gasteiger partial charge in [-0.25, -0.2) is 0 Å². The van der Waals surface area contributed by atoms with Crippen LogP contribution in [0.4, 0.5) is 0 Å². The summed E-state index contributed by atoms with van der Waals surface area (Å²) in [6.07, 6.45) is 3.31. The standard InChI is InChI=1S/C18H27N3O5.ClH/c1-24-14-8-13(9-15(25-2)17(14)26-11-16(19)22)18(23)21-7-5-12-4-3-6-20-10-12;/h8-9,12,20H,3-7,10-11H2,1-2H3,(H2,19,22)(H,21,23);1H. The number of primary amides is 1. The van der Waals surface area contributed by atoms with Gasteiger partial charge in [0.05, 0.1) is 14.2 Å². The van der Waals surface area contributed by atoms with Crippen LogP contribution in [0.25, 0.3) is 0 Å². The van der Waals surface area contributed by atoms with Gasteiger partial charge in [0.2, 0.25) is 5.75 Å². The maximum absolute atomic E-state index is 12.4. The Kier molecular flexibility index (Phi) is 9.74. The predicted molar refractivity (Wildman–Crippen MR) is 104 cm³/mol. The van der Waals surface area contributed by atoms with Crippen molar-refractivity contribution in [2.75, 3.05) is 40.5 Å². The topological polar surface area (TPSA) is 112 Å². The Bertz CT molecular complexity index is 610. The van der Waals surface area contributed by atoms with E-state index >= 15 is 0 Å². The summed E-state index contributed by atoms with van der Waals surface area (Å²) in [6, 6.07) is 3.10. The average molecular weight is 402 g/mol. The molecule has 1 heterocycles. The number of halogens is 1. The van der Waals surface area contributed by atoms with Crippen LogP contribution >= 0.6 is 12.4 Å². The molecule has 0 spiro atoms. The number of rotatable bonds is 9. The summed E-state index contributed by atoms with van der Waals surface area (Å²) in [5.41, 5.74) is 5.50. The van der Waals surface area contributed by atoms with Gasteiger partial charge in [-0.1, -0.05) is 0 Å². The van der Waals surface area contributed by atoms with Crippen molar-refractivity contribution in [2.45, 2.75) is 19.3 Å². The highest BCUT2D eigenvalue weighted by Gasteiger charge is 2.19. The minimum absolute atomic E-state index is 0. The van der Waals surface area contributed by atoms with Crippen LogP contribution in [0.15, 0.2) is 12.1 Å². The number of amides is 2. The molecule has 1 fully saturated rings. The Morgan fingerprint density at radius 2 is 1.93 bits per heavy atom. The Hall–Kier alpha value is -2.19. The third kappa shape index (κ3) is 6.80. The molecule has 27 heavy (non-hydrogen) atoms. The highest BCUT2D eigenvalue weighted by atomic mass is 35.5. The van der Waals surface area contributed by atoms with Crippen molar-refractivity contribution in [3.63, 3.8) is 0 Å². The number of benzene rings is 1. The maximum Gasteiger partial charge on any atom is 0.255 e. The molecule has 1 saturated heterocycles. The third-order valence-corrected chi connectivity index (χ3v) is 4.32. The second kappa shape index (κ2) is 11.5. The third-order valence-electron chi connectivity index (χ3n) is 4.32. The molecule has 9 heteroatoms. The van der Waals surface area contributed by atoms with E-state index in [4.69, 9.17) is 19.9 Å². The molecule has 0 aromatic heterocycles. The summed E-state index contributed by atoms with van der Waals surface area (Å²) >= 11 is 0. The number of methoxy groups -OCH3 is 2. The molecule has 2 rings (SSSR count).